The van der Waals surface area contributed by atoms with Gasteiger partial charge >= 0.3 is 0 Å². The lowest BCUT2D eigenvalue weighted by Gasteiger charge is -2.15. The monoisotopic (exact) mass is 247 g/mol. The number of benzene rings is 1. The fraction of sp³-hybridized carbons (Fsp3) is 0.625. The minimum absolute atomic E-state index is 0.535. The Hall–Kier alpha value is -1.02. The first-order chi connectivity index (χ1) is 8.78. The van der Waals surface area contributed by atoms with Crippen LogP contribution in [0, 0.1) is 5.92 Å². The molecule has 0 fully saturated rings. The molecule has 1 aliphatic rings. The lowest BCUT2D eigenvalue weighted by molar-refractivity contribution is 0.240. The second-order valence-corrected chi connectivity index (χ2v) is 5.23. The van der Waals surface area contributed by atoms with E-state index >= 15 is 0 Å². The zero-order valence-corrected chi connectivity index (χ0v) is 11.8. The molecule has 0 saturated heterocycles. The zero-order chi connectivity index (χ0) is 13.0. The van der Waals surface area contributed by atoms with Gasteiger partial charge in [0.25, 0.3) is 0 Å². The van der Waals surface area contributed by atoms with E-state index in [2.05, 4.69) is 37.4 Å². The van der Waals surface area contributed by atoms with Gasteiger partial charge in [-0.2, -0.15) is 0 Å². The molecule has 0 bridgehead atoms. The quantitative estimate of drug-likeness (QED) is 0.827. The van der Waals surface area contributed by atoms with Crippen LogP contribution in [-0.2, 0) is 6.42 Å². The average Bonchev–Trinajstić information content (AvgIpc) is 2.82. The van der Waals surface area contributed by atoms with Crippen LogP contribution >= 0.6 is 0 Å². The van der Waals surface area contributed by atoms with E-state index in [0.29, 0.717) is 12.0 Å². The molecule has 0 aliphatic heterocycles. The molecule has 1 aliphatic carbocycles. The number of hydrogen-bond acceptors (Lipinski definition) is 2. The van der Waals surface area contributed by atoms with Gasteiger partial charge in [0, 0.05) is 6.04 Å². The highest BCUT2D eigenvalue weighted by atomic mass is 16.5. The van der Waals surface area contributed by atoms with Crippen LogP contribution in [0.3, 0.4) is 0 Å². The molecule has 1 aromatic carbocycles. The molecule has 0 radical (unpaired) electrons. The third kappa shape index (κ3) is 2.86. The maximum atomic E-state index is 5.92. The first-order valence-electron chi connectivity index (χ1n) is 7.21. The Kier molecular flexibility index (Phi) is 4.65. The highest BCUT2D eigenvalue weighted by Gasteiger charge is 2.21. The maximum Gasteiger partial charge on any atom is 0.119 e. The van der Waals surface area contributed by atoms with Gasteiger partial charge in [-0.25, -0.2) is 0 Å². The van der Waals surface area contributed by atoms with Crippen LogP contribution in [0.2, 0.25) is 0 Å². The summed E-state index contributed by atoms with van der Waals surface area (Å²) in [6.07, 6.45) is 4.78. The lowest BCUT2D eigenvalue weighted by atomic mass is 10.1. The van der Waals surface area contributed by atoms with Crippen LogP contribution < -0.4 is 10.1 Å². The number of hydrogen-bond donors (Lipinski definition) is 1. The minimum Gasteiger partial charge on any atom is -0.493 e. The Morgan fingerprint density at radius 1 is 1.33 bits per heavy atom. The van der Waals surface area contributed by atoms with E-state index < -0.39 is 0 Å². The molecular formula is C16H25NO. The summed E-state index contributed by atoms with van der Waals surface area (Å²) in [7, 11) is 2.04. The van der Waals surface area contributed by atoms with Gasteiger partial charge < -0.3 is 10.1 Å². The summed E-state index contributed by atoms with van der Waals surface area (Å²) in [5, 5.41) is 3.37. The van der Waals surface area contributed by atoms with Crippen LogP contribution in [0.4, 0.5) is 0 Å². The van der Waals surface area contributed by atoms with E-state index in [1.165, 1.54) is 36.8 Å². The highest BCUT2D eigenvalue weighted by molar-refractivity contribution is 5.40. The largest absolute Gasteiger partial charge is 0.493 e. The second-order valence-electron chi connectivity index (χ2n) is 5.23. The fourth-order valence-electron chi connectivity index (χ4n) is 2.72. The topological polar surface area (TPSA) is 21.3 Å². The van der Waals surface area contributed by atoms with Crippen LogP contribution in [0.15, 0.2) is 18.2 Å². The zero-order valence-electron chi connectivity index (χ0n) is 11.8. The average molecular weight is 247 g/mol. The number of nitrogens with one attached hydrogen (secondary N) is 1. The van der Waals surface area contributed by atoms with Crippen LogP contribution in [-0.4, -0.2) is 13.7 Å². The van der Waals surface area contributed by atoms with Gasteiger partial charge in [-0.1, -0.05) is 32.8 Å². The Morgan fingerprint density at radius 2 is 2.11 bits per heavy atom. The molecule has 0 saturated carbocycles. The van der Waals surface area contributed by atoms with Gasteiger partial charge in [-0.05, 0) is 49.1 Å². The highest BCUT2D eigenvalue weighted by Crippen LogP contribution is 2.33. The lowest BCUT2D eigenvalue weighted by Crippen LogP contribution is -2.13. The van der Waals surface area contributed by atoms with E-state index in [1.807, 2.05) is 7.05 Å². The SMILES string of the molecule is CCC(CC)COc1ccc2c(c1)CCC2NC. The Bertz CT molecular complexity index is 385. The standard InChI is InChI=1S/C16H25NO/c1-4-12(5-2)11-18-14-7-8-15-13(10-14)6-9-16(15)17-3/h7-8,10,12,16-17H,4-6,9,11H2,1-3H3. The molecule has 0 spiro atoms. The first kappa shape index (κ1) is 13.4. The summed E-state index contributed by atoms with van der Waals surface area (Å²) >= 11 is 0. The molecule has 2 nitrogen and oxygen atoms in total. The van der Waals surface area contributed by atoms with Crippen molar-refractivity contribution >= 4 is 0 Å². The third-order valence-electron chi connectivity index (χ3n) is 4.18. The Labute approximate surface area is 111 Å². The molecule has 0 amide bonds. The van der Waals surface area contributed by atoms with E-state index in [-0.39, 0.29) is 0 Å². The van der Waals surface area contributed by atoms with Crippen LogP contribution in [0.1, 0.15) is 50.3 Å². The van der Waals surface area contributed by atoms with E-state index in [4.69, 9.17) is 4.74 Å². The van der Waals surface area contributed by atoms with Gasteiger partial charge in [0.2, 0.25) is 0 Å². The van der Waals surface area contributed by atoms with Crippen molar-refractivity contribution in [3.8, 4) is 5.75 Å². The van der Waals surface area contributed by atoms with Crippen molar-refractivity contribution in [1.82, 2.24) is 5.32 Å². The molecule has 18 heavy (non-hydrogen) atoms. The molecule has 2 rings (SSSR count). The van der Waals surface area contributed by atoms with Crippen molar-refractivity contribution in [2.75, 3.05) is 13.7 Å². The number of ether oxygens (including phenoxy) is 1. The van der Waals surface area contributed by atoms with Crippen molar-refractivity contribution in [2.24, 2.45) is 5.92 Å². The summed E-state index contributed by atoms with van der Waals surface area (Å²) in [6.45, 7) is 5.32. The second kappa shape index (κ2) is 6.24. The van der Waals surface area contributed by atoms with Crippen molar-refractivity contribution in [2.45, 2.75) is 45.6 Å². The fourth-order valence-corrected chi connectivity index (χ4v) is 2.72. The summed E-state index contributed by atoms with van der Waals surface area (Å²) in [6, 6.07) is 7.12. The van der Waals surface area contributed by atoms with E-state index in [9.17, 15) is 0 Å². The predicted octanol–water partition coefficient (Wildman–Crippen LogP) is 3.71. The van der Waals surface area contributed by atoms with Gasteiger partial charge in [-0.3, -0.25) is 0 Å². The number of fused-ring (bicyclic) bond motifs is 1. The van der Waals surface area contributed by atoms with E-state index in [1.54, 1.807) is 0 Å². The van der Waals surface area contributed by atoms with Crippen molar-refractivity contribution in [1.29, 1.82) is 0 Å². The number of rotatable bonds is 6. The minimum atomic E-state index is 0.535. The molecule has 2 heteroatoms. The molecule has 0 heterocycles. The predicted molar refractivity (Wildman–Crippen MR) is 76.1 cm³/mol. The summed E-state index contributed by atoms with van der Waals surface area (Å²) in [5.41, 5.74) is 2.91. The number of aryl methyl sites for hydroxylation is 1. The van der Waals surface area contributed by atoms with Crippen LogP contribution in [0.5, 0.6) is 5.75 Å². The molecule has 1 unspecified atom stereocenters. The molecular weight excluding hydrogens is 222 g/mol. The summed E-state index contributed by atoms with van der Waals surface area (Å²) in [5.74, 6) is 1.72. The third-order valence-corrected chi connectivity index (χ3v) is 4.18. The van der Waals surface area contributed by atoms with Gasteiger partial charge in [0.05, 0.1) is 6.61 Å². The van der Waals surface area contributed by atoms with Crippen LogP contribution in [0.25, 0.3) is 0 Å². The van der Waals surface area contributed by atoms with E-state index in [0.717, 1.165) is 12.4 Å². The molecule has 0 aromatic heterocycles. The normalized spacial score (nSPS) is 18.1. The molecule has 1 aromatic rings. The van der Waals surface area contributed by atoms with Crippen molar-refractivity contribution in [3.05, 3.63) is 29.3 Å². The summed E-state index contributed by atoms with van der Waals surface area (Å²) in [4.78, 5) is 0. The Balaban J connectivity index is 2.00. The molecule has 100 valence electrons. The smallest absolute Gasteiger partial charge is 0.119 e. The Morgan fingerprint density at radius 3 is 2.78 bits per heavy atom. The molecule has 1 N–H and O–H groups in total. The molecule has 1 atom stereocenters. The van der Waals surface area contributed by atoms with Gasteiger partial charge in [0.15, 0.2) is 0 Å². The summed E-state index contributed by atoms with van der Waals surface area (Å²) < 4.78 is 5.92. The van der Waals surface area contributed by atoms with Gasteiger partial charge in [0.1, 0.15) is 5.75 Å². The van der Waals surface area contributed by atoms with Crippen molar-refractivity contribution < 1.29 is 4.74 Å². The van der Waals surface area contributed by atoms with Gasteiger partial charge in [-0.15, -0.1) is 0 Å². The first-order valence-corrected chi connectivity index (χ1v) is 7.21. The maximum absolute atomic E-state index is 5.92. The van der Waals surface area contributed by atoms with Crippen molar-refractivity contribution in [3.63, 3.8) is 0 Å².